The molecule has 102 valence electrons. The van der Waals surface area contributed by atoms with Crippen LogP contribution in [0.2, 0.25) is 5.02 Å². The fourth-order valence-corrected chi connectivity index (χ4v) is 2.31. The van der Waals surface area contributed by atoms with Crippen molar-refractivity contribution in [1.29, 1.82) is 0 Å². The van der Waals surface area contributed by atoms with Crippen molar-refractivity contribution in [3.8, 4) is 0 Å². The Bertz CT molecular complexity index is 515. The summed E-state index contributed by atoms with van der Waals surface area (Å²) in [4.78, 5) is 24.1. The van der Waals surface area contributed by atoms with Crippen molar-refractivity contribution in [3.63, 3.8) is 0 Å². The number of halogens is 1. The van der Waals surface area contributed by atoms with E-state index in [1.165, 1.54) is 18.2 Å². The number of carbonyl (C=O) groups excluding carboxylic acids is 1. The molecule has 0 aliphatic carbocycles. The van der Waals surface area contributed by atoms with Crippen LogP contribution in [0.25, 0.3) is 0 Å². The van der Waals surface area contributed by atoms with E-state index in [4.69, 9.17) is 11.6 Å². The highest BCUT2D eigenvalue weighted by atomic mass is 35.5. The summed E-state index contributed by atoms with van der Waals surface area (Å²) in [6.07, 6.45) is 0.887. The Kier molecular flexibility index (Phi) is 4.01. The molecular formula is C12H14ClN3O3. The molecule has 1 N–H and O–H groups in total. The van der Waals surface area contributed by atoms with E-state index >= 15 is 0 Å². The lowest BCUT2D eigenvalue weighted by Crippen LogP contribution is -2.38. The molecule has 0 aromatic heterocycles. The van der Waals surface area contributed by atoms with E-state index in [1.54, 1.807) is 11.9 Å². The van der Waals surface area contributed by atoms with E-state index in [1.807, 2.05) is 0 Å². The lowest BCUT2D eigenvalue weighted by atomic mass is 10.1. The second-order valence-electron chi connectivity index (χ2n) is 4.49. The first-order chi connectivity index (χ1) is 9.00. The van der Waals surface area contributed by atoms with Crippen LogP contribution in [0.15, 0.2) is 18.2 Å². The van der Waals surface area contributed by atoms with Gasteiger partial charge in [-0.15, -0.1) is 0 Å². The summed E-state index contributed by atoms with van der Waals surface area (Å²) < 4.78 is 0. The molecule has 7 heteroatoms. The molecule has 1 aliphatic heterocycles. The van der Waals surface area contributed by atoms with Gasteiger partial charge in [-0.25, -0.2) is 0 Å². The fraction of sp³-hybridized carbons (Fsp3) is 0.417. The van der Waals surface area contributed by atoms with Crippen LogP contribution >= 0.6 is 11.6 Å². The van der Waals surface area contributed by atoms with Gasteiger partial charge in [0.2, 0.25) is 0 Å². The van der Waals surface area contributed by atoms with Gasteiger partial charge in [-0.1, -0.05) is 11.6 Å². The zero-order valence-corrected chi connectivity index (χ0v) is 11.2. The summed E-state index contributed by atoms with van der Waals surface area (Å²) in [5, 5.41) is 14.0. The maximum Gasteiger partial charge on any atom is 0.288 e. The van der Waals surface area contributed by atoms with Crippen LogP contribution in [-0.4, -0.2) is 41.9 Å². The standard InChI is InChI=1S/C12H14ClN3O3/c1-15(9-4-5-14-7-9)12(17)8-2-3-10(13)11(6-8)16(18)19/h2-3,6,9,14H,4-5,7H2,1H3. The predicted octanol–water partition coefficient (Wildman–Crippen LogP) is 1.68. The predicted molar refractivity (Wildman–Crippen MR) is 71.5 cm³/mol. The summed E-state index contributed by atoms with van der Waals surface area (Å²) in [5.74, 6) is -0.228. The largest absolute Gasteiger partial charge is 0.337 e. The third-order valence-corrected chi connectivity index (χ3v) is 3.61. The molecule has 0 spiro atoms. The minimum absolute atomic E-state index is 0.0340. The molecule has 1 aliphatic rings. The first-order valence-corrected chi connectivity index (χ1v) is 6.30. The summed E-state index contributed by atoms with van der Waals surface area (Å²) in [6, 6.07) is 4.25. The van der Waals surface area contributed by atoms with Crippen LogP contribution in [0, 0.1) is 10.1 Å². The number of nitrogens with one attached hydrogen (secondary N) is 1. The van der Waals surface area contributed by atoms with Gasteiger partial charge in [0.25, 0.3) is 11.6 Å². The SMILES string of the molecule is CN(C(=O)c1ccc(Cl)c([N+](=O)[O-])c1)C1CCNC1. The molecule has 0 saturated carbocycles. The lowest BCUT2D eigenvalue weighted by Gasteiger charge is -2.23. The Morgan fingerprint density at radius 1 is 1.58 bits per heavy atom. The summed E-state index contributed by atoms with van der Waals surface area (Å²) >= 11 is 5.73. The molecule has 6 nitrogen and oxygen atoms in total. The molecule has 1 amide bonds. The van der Waals surface area contributed by atoms with Crippen LogP contribution in [-0.2, 0) is 0 Å². The molecule has 1 atom stereocenters. The van der Waals surface area contributed by atoms with Crippen LogP contribution in [0.3, 0.4) is 0 Å². The number of nitro groups is 1. The highest BCUT2D eigenvalue weighted by molar-refractivity contribution is 6.32. The Morgan fingerprint density at radius 2 is 2.32 bits per heavy atom. The third-order valence-electron chi connectivity index (χ3n) is 3.29. The first kappa shape index (κ1) is 13.8. The molecule has 0 radical (unpaired) electrons. The number of nitrogens with zero attached hydrogens (tertiary/aromatic N) is 2. The molecule has 19 heavy (non-hydrogen) atoms. The van der Waals surface area contributed by atoms with Gasteiger partial charge in [-0.3, -0.25) is 14.9 Å². The Hall–Kier alpha value is -1.66. The highest BCUT2D eigenvalue weighted by Crippen LogP contribution is 2.26. The Labute approximate surface area is 115 Å². The second kappa shape index (κ2) is 5.54. The molecule has 1 aromatic rings. The Balaban J connectivity index is 2.23. The van der Waals surface area contributed by atoms with Crippen LogP contribution < -0.4 is 5.32 Å². The van der Waals surface area contributed by atoms with Crippen molar-refractivity contribution in [2.75, 3.05) is 20.1 Å². The molecule has 1 unspecified atom stereocenters. The van der Waals surface area contributed by atoms with Gasteiger partial charge in [-0.2, -0.15) is 0 Å². The van der Waals surface area contributed by atoms with Crippen molar-refractivity contribution in [1.82, 2.24) is 10.2 Å². The number of likely N-dealkylation sites (N-methyl/N-ethyl adjacent to an activating group) is 1. The molecule has 0 bridgehead atoms. The summed E-state index contributed by atoms with van der Waals surface area (Å²) in [7, 11) is 1.71. The van der Waals surface area contributed by atoms with Gasteiger partial charge in [0.1, 0.15) is 5.02 Å². The zero-order valence-electron chi connectivity index (χ0n) is 10.4. The number of benzene rings is 1. The third kappa shape index (κ3) is 2.85. The molecule has 2 rings (SSSR count). The maximum atomic E-state index is 12.3. The average molecular weight is 284 g/mol. The summed E-state index contributed by atoms with van der Waals surface area (Å²) in [5.41, 5.74) is 0.0379. The van der Waals surface area contributed by atoms with Gasteiger partial charge in [0, 0.05) is 31.3 Å². The maximum absolute atomic E-state index is 12.3. The van der Waals surface area contributed by atoms with Crippen molar-refractivity contribution >= 4 is 23.2 Å². The average Bonchev–Trinajstić information content (AvgIpc) is 2.91. The normalized spacial score (nSPS) is 18.3. The number of carbonyl (C=O) groups is 1. The molecular weight excluding hydrogens is 270 g/mol. The number of hydrogen-bond acceptors (Lipinski definition) is 4. The van der Waals surface area contributed by atoms with E-state index in [-0.39, 0.29) is 28.2 Å². The van der Waals surface area contributed by atoms with Gasteiger partial charge in [0.15, 0.2) is 0 Å². The van der Waals surface area contributed by atoms with Crippen LogP contribution in [0.1, 0.15) is 16.8 Å². The van der Waals surface area contributed by atoms with Gasteiger partial charge in [0.05, 0.1) is 4.92 Å². The second-order valence-corrected chi connectivity index (χ2v) is 4.89. The van der Waals surface area contributed by atoms with Crippen molar-refractivity contribution < 1.29 is 9.72 Å². The Morgan fingerprint density at radius 3 is 2.89 bits per heavy atom. The topological polar surface area (TPSA) is 75.5 Å². The number of nitro benzene ring substituents is 1. The fourth-order valence-electron chi connectivity index (χ4n) is 2.13. The monoisotopic (exact) mass is 283 g/mol. The number of rotatable bonds is 3. The van der Waals surface area contributed by atoms with Crippen molar-refractivity contribution in [3.05, 3.63) is 38.9 Å². The molecule has 1 heterocycles. The van der Waals surface area contributed by atoms with Gasteiger partial charge < -0.3 is 10.2 Å². The van der Waals surface area contributed by atoms with Crippen LogP contribution in [0.4, 0.5) is 5.69 Å². The number of amides is 1. The highest BCUT2D eigenvalue weighted by Gasteiger charge is 2.25. The van der Waals surface area contributed by atoms with Crippen molar-refractivity contribution in [2.45, 2.75) is 12.5 Å². The minimum atomic E-state index is -0.587. The van der Waals surface area contributed by atoms with Crippen molar-refractivity contribution in [2.24, 2.45) is 0 Å². The molecule has 1 fully saturated rings. The van der Waals surface area contributed by atoms with E-state index < -0.39 is 4.92 Å². The van der Waals surface area contributed by atoms with Gasteiger partial charge >= 0.3 is 0 Å². The quantitative estimate of drug-likeness (QED) is 0.676. The van der Waals surface area contributed by atoms with Crippen LogP contribution in [0.5, 0.6) is 0 Å². The van der Waals surface area contributed by atoms with Gasteiger partial charge in [-0.05, 0) is 25.1 Å². The minimum Gasteiger partial charge on any atom is -0.337 e. The lowest BCUT2D eigenvalue weighted by molar-refractivity contribution is -0.384. The molecule has 1 aromatic carbocycles. The number of hydrogen-bond donors (Lipinski definition) is 1. The van der Waals surface area contributed by atoms with E-state index in [9.17, 15) is 14.9 Å². The first-order valence-electron chi connectivity index (χ1n) is 5.92. The van der Waals surface area contributed by atoms with E-state index in [0.29, 0.717) is 0 Å². The zero-order chi connectivity index (χ0) is 14.0. The van der Waals surface area contributed by atoms with E-state index in [0.717, 1.165) is 19.5 Å². The summed E-state index contributed by atoms with van der Waals surface area (Å²) in [6.45, 7) is 1.63. The van der Waals surface area contributed by atoms with E-state index in [2.05, 4.69) is 5.32 Å². The smallest absolute Gasteiger partial charge is 0.288 e. The molecule has 1 saturated heterocycles.